The highest BCUT2D eigenvalue weighted by atomic mass is 16.5. The fraction of sp³-hybridized carbons (Fsp3) is 0.143. The van der Waals surface area contributed by atoms with Crippen molar-refractivity contribution in [2.24, 2.45) is 0 Å². The number of anilines is 1. The standard InChI is InChI=1S/C21H19N3O4/c1-14-3-5-15(6-4-14)11-17(12-22)21(27)28-13-19(25)24-18-9-7-16(8-10-18)20(26)23-2/h3-11H,13H2,1-2H3,(H,23,26)(H,24,25)/b17-11+. The van der Waals surface area contributed by atoms with Crippen molar-refractivity contribution in [3.8, 4) is 6.07 Å². The lowest BCUT2D eigenvalue weighted by Gasteiger charge is -2.07. The molecule has 0 bridgehead atoms. The molecule has 0 unspecified atom stereocenters. The van der Waals surface area contributed by atoms with Gasteiger partial charge >= 0.3 is 5.97 Å². The molecule has 0 atom stereocenters. The summed E-state index contributed by atoms with van der Waals surface area (Å²) in [5.74, 6) is -1.68. The van der Waals surface area contributed by atoms with Gasteiger partial charge in [0, 0.05) is 18.3 Å². The molecule has 0 aliphatic heterocycles. The fourth-order valence-electron chi connectivity index (χ4n) is 2.22. The molecular formula is C21H19N3O4. The smallest absolute Gasteiger partial charge is 0.349 e. The van der Waals surface area contributed by atoms with E-state index in [-0.39, 0.29) is 11.5 Å². The quantitative estimate of drug-likeness (QED) is 0.457. The second-order valence-electron chi connectivity index (χ2n) is 5.86. The van der Waals surface area contributed by atoms with Crippen molar-refractivity contribution in [1.29, 1.82) is 5.26 Å². The van der Waals surface area contributed by atoms with Gasteiger partial charge in [0.1, 0.15) is 11.6 Å². The van der Waals surface area contributed by atoms with Crippen molar-refractivity contribution in [1.82, 2.24) is 5.32 Å². The molecular weight excluding hydrogens is 358 g/mol. The van der Waals surface area contributed by atoms with Crippen molar-refractivity contribution in [2.75, 3.05) is 19.0 Å². The van der Waals surface area contributed by atoms with Gasteiger partial charge in [0.15, 0.2) is 6.61 Å². The first kappa shape index (κ1) is 20.4. The average Bonchev–Trinajstić information content (AvgIpc) is 2.71. The van der Waals surface area contributed by atoms with Gasteiger partial charge in [-0.05, 0) is 42.8 Å². The minimum atomic E-state index is -0.881. The highest BCUT2D eigenvalue weighted by molar-refractivity contribution is 6.00. The lowest BCUT2D eigenvalue weighted by atomic mass is 10.1. The number of carbonyl (C=O) groups is 3. The van der Waals surface area contributed by atoms with Crippen molar-refractivity contribution >= 4 is 29.5 Å². The van der Waals surface area contributed by atoms with Crippen LogP contribution in [0, 0.1) is 18.3 Å². The SMILES string of the molecule is CNC(=O)c1ccc(NC(=O)COC(=O)/C(C#N)=C/c2ccc(C)cc2)cc1. The van der Waals surface area contributed by atoms with E-state index in [9.17, 15) is 14.4 Å². The normalized spacial score (nSPS) is 10.5. The topological polar surface area (TPSA) is 108 Å². The number of nitriles is 1. The van der Waals surface area contributed by atoms with Gasteiger partial charge in [-0.25, -0.2) is 4.79 Å². The Labute approximate surface area is 162 Å². The summed E-state index contributed by atoms with van der Waals surface area (Å²) in [5, 5.41) is 14.2. The fourth-order valence-corrected chi connectivity index (χ4v) is 2.22. The van der Waals surface area contributed by atoms with Crippen LogP contribution in [0.25, 0.3) is 6.08 Å². The molecule has 0 fully saturated rings. The van der Waals surface area contributed by atoms with E-state index in [4.69, 9.17) is 10.00 Å². The number of hydrogen-bond donors (Lipinski definition) is 2. The first-order chi connectivity index (χ1) is 13.4. The Kier molecular flexibility index (Phi) is 7.06. The van der Waals surface area contributed by atoms with Crippen LogP contribution in [0.1, 0.15) is 21.5 Å². The summed E-state index contributed by atoms with van der Waals surface area (Å²) in [4.78, 5) is 35.4. The Morgan fingerprint density at radius 3 is 2.29 bits per heavy atom. The summed E-state index contributed by atoms with van der Waals surface area (Å²) >= 11 is 0. The summed E-state index contributed by atoms with van der Waals surface area (Å²) in [7, 11) is 1.52. The number of esters is 1. The van der Waals surface area contributed by atoms with Crippen LogP contribution >= 0.6 is 0 Å². The predicted molar refractivity (Wildman–Crippen MR) is 104 cm³/mol. The third kappa shape index (κ3) is 5.81. The highest BCUT2D eigenvalue weighted by Crippen LogP contribution is 2.11. The van der Waals surface area contributed by atoms with E-state index in [1.807, 2.05) is 19.1 Å². The van der Waals surface area contributed by atoms with Gasteiger partial charge in [-0.1, -0.05) is 29.8 Å². The predicted octanol–water partition coefficient (Wildman–Crippen LogP) is 2.44. The number of carbonyl (C=O) groups excluding carboxylic acids is 3. The van der Waals surface area contributed by atoms with Gasteiger partial charge < -0.3 is 15.4 Å². The molecule has 0 aliphatic carbocycles. The van der Waals surface area contributed by atoms with Crippen LogP contribution in [0.5, 0.6) is 0 Å². The van der Waals surface area contributed by atoms with E-state index in [1.54, 1.807) is 42.5 Å². The van der Waals surface area contributed by atoms with Crippen LogP contribution in [-0.2, 0) is 14.3 Å². The van der Waals surface area contributed by atoms with Crippen molar-refractivity contribution in [3.63, 3.8) is 0 Å². The summed E-state index contributed by atoms with van der Waals surface area (Å²) in [6.07, 6.45) is 1.40. The van der Waals surface area contributed by atoms with Crippen LogP contribution in [-0.4, -0.2) is 31.4 Å². The molecule has 0 heterocycles. The van der Waals surface area contributed by atoms with E-state index < -0.39 is 18.5 Å². The van der Waals surface area contributed by atoms with Crippen LogP contribution in [0.2, 0.25) is 0 Å². The maximum atomic E-state index is 12.0. The van der Waals surface area contributed by atoms with E-state index in [2.05, 4.69) is 10.6 Å². The molecule has 2 amide bonds. The van der Waals surface area contributed by atoms with E-state index in [0.717, 1.165) is 5.56 Å². The molecule has 142 valence electrons. The zero-order valence-corrected chi connectivity index (χ0v) is 15.5. The molecule has 7 heteroatoms. The molecule has 0 radical (unpaired) electrons. The summed E-state index contributed by atoms with van der Waals surface area (Å²) in [5.41, 5.74) is 2.43. The highest BCUT2D eigenvalue weighted by Gasteiger charge is 2.13. The zero-order valence-electron chi connectivity index (χ0n) is 15.5. The maximum Gasteiger partial charge on any atom is 0.349 e. The van der Waals surface area contributed by atoms with Gasteiger partial charge in [0.25, 0.3) is 11.8 Å². The Balaban J connectivity index is 1.92. The van der Waals surface area contributed by atoms with Crippen LogP contribution in [0.4, 0.5) is 5.69 Å². The number of amides is 2. The number of nitrogens with one attached hydrogen (secondary N) is 2. The molecule has 7 nitrogen and oxygen atoms in total. The van der Waals surface area contributed by atoms with Crippen molar-refractivity contribution < 1.29 is 19.1 Å². The zero-order chi connectivity index (χ0) is 20.5. The molecule has 0 aliphatic rings. The van der Waals surface area contributed by atoms with Crippen LogP contribution in [0.15, 0.2) is 54.1 Å². The Bertz CT molecular complexity index is 939. The number of ether oxygens (including phenoxy) is 1. The van der Waals surface area contributed by atoms with Crippen LogP contribution < -0.4 is 10.6 Å². The van der Waals surface area contributed by atoms with Crippen LogP contribution in [0.3, 0.4) is 0 Å². The minimum Gasteiger partial charge on any atom is -0.451 e. The molecule has 0 saturated carbocycles. The molecule has 0 spiro atoms. The molecule has 0 saturated heterocycles. The minimum absolute atomic E-state index is 0.202. The molecule has 2 rings (SSSR count). The summed E-state index contributed by atoms with van der Waals surface area (Å²) in [6, 6.07) is 15.3. The maximum absolute atomic E-state index is 12.0. The van der Waals surface area contributed by atoms with Gasteiger partial charge in [-0.15, -0.1) is 0 Å². The molecule has 2 N–H and O–H groups in total. The third-order valence-corrected chi connectivity index (χ3v) is 3.72. The lowest BCUT2D eigenvalue weighted by molar-refractivity contribution is -0.142. The second kappa shape index (κ2) is 9.69. The first-order valence-electron chi connectivity index (χ1n) is 8.40. The molecule has 2 aromatic carbocycles. The first-order valence-corrected chi connectivity index (χ1v) is 8.40. The Morgan fingerprint density at radius 1 is 1.07 bits per heavy atom. The van der Waals surface area contributed by atoms with Gasteiger partial charge in [0.05, 0.1) is 0 Å². The number of rotatable bonds is 6. The van der Waals surface area contributed by atoms with E-state index in [0.29, 0.717) is 16.8 Å². The summed E-state index contributed by atoms with van der Waals surface area (Å²) < 4.78 is 4.90. The third-order valence-electron chi connectivity index (χ3n) is 3.72. The van der Waals surface area contributed by atoms with E-state index >= 15 is 0 Å². The number of aryl methyl sites for hydroxylation is 1. The Hall–Kier alpha value is -3.92. The lowest BCUT2D eigenvalue weighted by Crippen LogP contribution is -2.21. The van der Waals surface area contributed by atoms with Gasteiger partial charge in [0.2, 0.25) is 0 Å². The largest absolute Gasteiger partial charge is 0.451 e. The van der Waals surface area contributed by atoms with Crippen molar-refractivity contribution in [3.05, 3.63) is 70.8 Å². The summed E-state index contributed by atoms with van der Waals surface area (Å²) in [6.45, 7) is 1.39. The average molecular weight is 377 g/mol. The number of benzene rings is 2. The van der Waals surface area contributed by atoms with Gasteiger partial charge in [-0.2, -0.15) is 5.26 Å². The molecule has 0 aromatic heterocycles. The number of hydrogen-bond acceptors (Lipinski definition) is 5. The van der Waals surface area contributed by atoms with E-state index in [1.165, 1.54) is 13.1 Å². The monoisotopic (exact) mass is 377 g/mol. The van der Waals surface area contributed by atoms with Crippen molar-refractivity contribution in [2.45, 2.75) is 6.92 Å². The second-order valence-corrected chi connectivity index (χ2v) is 5.86. The molecule has 2 aromatic rings. The molecule has 28 heavy (non-hydrogen) atoms. The number of nitrogens with zero attached hydrogens (tertiary/aromatic N) is 1. The van der Waals surface area contributed by atoms with Gasteiger partial charge in [-0.3, -0.25) is 9.59 Å². The Morgan fingerprint density at radius 2 is 1.71 bits per heavy atom.